The van der Waals surface area contributed by atoms with Gasteiger partial charge in [-0.05, 0) is 43.2 Å². The van der Waals surface area contributed by atoms with Gasteiger partial charge in [0.25, 0.3) is 5.56 Å². The molecule has 3 heterocycles. The SMILES string of the molecule is CCOc1ccc(-n2c(SCC(N)=O)nc3sc4c(c3c2=O)CCN(C(C)=O)C4)cc1. The predicted octanol–water partition coefficient (Wildman–Crippen LogP) is 2.33. The maximum atomic E-state index is 13.6. The second-order valence-corrected chi connectivity index (χ2v) is 9.12. The van der Waals surface area contributed by atoms with E-state index in [1.807, 2.05) is 6.92 Å². The minimum Gasteiger partial charge on any atom is -0.494 e. The van der Waals surface area contributed by atoms with Gasteiger partial charge in [-0.3, -0.25) is 19.0 Å². The Kier molecular flexibility index (Phi) is 6.01. The van der Waals surface area contributed by atoms with Gasteiger partial charge in [-0.25, -0.2) is 4.98 Å². The summed E-state index contributed by atoms with van der Waals surface area (Å²) in [4.78, 5) is 44.9. The van der Waals surface area contributed by atoms with E-state index in [1.165, 1.54) is 15.9 Å². The minimum absolute atomic E-state index is 0.0121. The summed E-state index contributed by atoms with van der Waals surface area (Å²) >= 11 is 2.56. The van der Waals surface area contributed by atoms with Crippen LogP contribution in [0.3, 0.4) is 0 Å². The summed E-state index contributed by atoms with van der Waals surface area (Å²) in [7, 11) is 0. The van der Waals surface area contributed by atoms with Gasteiger partial charge in [-0.2, -0.15) is 0 Å². The Morgan fingerprint density at radius 2 is 2.03 bits per heavy atom. The van der Waals surface area contributed by atoms with Crippen molar-refractivity contribution in [2.24, 2.45) is 5.73 Å². The number of amides is 2. The molecular formula is C21H22N4O4S2. The molecule has 2 aromatic heterocycles. The maximum Gasteiger partial charge on any atom is 0.267 e. The first-order valence-corrected chi connectivity index (χ1v) is 11.7. The van der Waals surface area contributed by atoms with Crippen LogP contribution >= 0.6 is 23.1 Å². The molecule has 31 heavy (non-hydrogen) atoms. The lowest BCUT2D eigenvalue weighted by Gasteiger charge is -2.25. The molecule has 1 aromatic carbocycles. The fourth-order valence-corrected chi connectivity index (χ4v) is 5.64. The number of carbonyl (C=O) groups excluding carboxylic acids is 2. The molecule has 2 N–H and O–H groups in total. The van der Waals surface area contributed by atoms with Crippen molar-refractivity contribution in [3.8, 4) is 11.4 Å². The van der Waals surface area contributed by atoms with Crippen molar-refractivity contribution in [2.45, 2.75) is 32.0 Å². The average Bonchev–Trinajstić information content (AvgIpc) is 3.11. The van der Waals surface area contributed by atoms with Gasteiger partial charge in [0.2, 0.25) is 11.8 Å². The first-order valence-electron chi connectivity index (χ1n) is 9.86. The van der Waals surface area contributed by atoms with Crippen LogP contribution in [0, 0.1) is 0 Å². The summed E-state index contributed by atoms with van der Waals surface area (Å²) in [5, 5.41) is 0.989. The molecule has 0 aliphatic carbocycles. The Morgan fingerprint density at radius 1 is 1.29 bits per heavy atom. The molecule has 0 radical (unpaired) electrons. The number of hydrogen-bond donors (Lipinski definition) is 1. The van der Waals surface area contributed by atoms with Gasteiger partial charge in [-0.1, -0.05) is 11.8 Å². The Labute approximate surface area is 187 Å². The summed E-state index contributed by atoms with van der Waals surface area (Å²) in [6.45, 7) is 5.06. The van der Waals surface area contributed by atoms with Crippen LogP contribution in [0.4, 0.5) is 0 Å². The highest BCUT2D eigenvalue weighted by Gasteiger charge is 2.26. The monoisotopic (exact) mass is 458 g/mol. The Morgan fingerprint density at radius 3 is 2.68 bits per heavy atom. The zero-order valence-electron chi connectivity index (χ0n) is 17.2. The van der Waals surface area contributed by atoms with Gasteiger partial charge < -0.3 is 15.4 Å². The van der Waals surface area contributed by atoms with E-state index in [0.717, 1.165) is 22.2 Å². The van der Waals surface area contributed by atoms with E-state index in [-0.39, 0.29) is 17.2 Å². The maximum absolute atomic E-state index is 13.6. The quantitative estimate of drug-likeness (QED) is 0.449. The third-order valence-corrected chi connectivity index (χ3v) is 7.11. The minimum atomic E-state index is -0.486. The van der Waals surface area contributed by atoms with Gasteiger partial charge >= 0.3 is 0 Å². The molecule has 3 aromatic rings. The molecule has 0 bridgehead atoms. The van der Waals surface area contributed by atoms with Crippen LogP contribution in [0.5, 0.6) is 5.75 Å². The number of rotatable bonds is 6. The highest BCUT2D eigenvalue weighted by atomic mass is 32.2. The molecule has 0 fully saturated rings. The molecule has 0 unspecified atom stereocenters. The van der Waals surface area contributed by atoms with Crippen LogP contribution in [0.2, 0.25) is 0 Å². The molecule has 8 nitrogen and oxygen atoms in total. The number of thioether (sulfide) groups is 1. The van der Waals surface area contributed by atoms with Crippen LogP contribution in [0.1, 0.15) is 24.3 Å². The van der Waals surface area contributed by atoms with E-state index in [0.29, 0.717) is 52.9 Å². The highest BCUT2D eigenvalue weighted by Crippen LogP contribution is 2.34. The Balaban J connectivity index is 1.87. The van der Waals surface area contributed by atoms with Crippen molar-refractivity contribution in [2.75, 3.05) is 18.9 Å². The van der Waals surface area contributed by atoms with E-state index in [1.54, 1.807) is 36.1 Å². The molecule has 0 atom stereocenters. The van der Waals surface area contributed by atoms with Crippen molar-refractivity contribution in [3.05, 3.63) is 45.1 Å². The summed E-state index contributed by atoms with van der Waals surface area (Å²) in [6.07, 6.45) is 0.614. The number of benzene rings is 1. The van der Waals surface area contributed by atoms with Gasteiger partial charge in [0, 0.05) is 18.3 Å². The first kappa shape index (κ1) is 21.4. The molecule has 162 valence electrons. The van der Waals surface area contributed by atoms with E-state index < -0.39 is 5.91 Å². The van der Waals surface area contributed by atoms with Crippen molar-refractivity contribution < 1.29 is 14.3 Å². The lowest BCUT2D eigenvalue weighted by atomic mass is 10.1. The predicted molar refractivity (Wildman–Crippen MR) is 121 cm³/mol. The van der Waals surface area contributed by atoms with E-state index >= 15 is 0 Å². The molecule has 0 spiro atoms. The molecule has 1 aliphatic rings. The fourth-order valence-electron chi connectivity index (χ4n) is 3.61. The van der Waals surface area contributed by atoms with E-state index in [2.05, 4.69) is 0 Å². The number of hydrogen-bond acceptors (Lipinski definition) is 7. The van der Waals surface area contributed by atoms with Crippen LogP contribution in [0.25, 0.3) is 15.9 Å². The largest absolute Gasteiger partial charge is 0.494 e. The summed E-state index contributed by atoms with van der Waals surface area (Å²) in [6, 6.07) is 7.19. The number of thiophene rings is 1. The van der Waals surface area contributed by atoms with Gasteiger partial charge in [0.1, 0.15) is 10.6 Å². The third-order valence-electron chi connectivity index (χ3n) is 5.04. The number of nitrogens with zero attached hydrogens (tertiary/aromatic N) is 3. The number of carbonyl (C=O) groups is 2. The molecule has 10 heteroatoms. The molecule has 0 saturated carbocycles. The Hall–Kier alpha value is -2.85. The first-order chi connectivity index (χ1) is 14.9. The highest BCUT2D eigenvalue weighted by molar-refractivity contribution is 7.99. The second kappa shape index (κ2) is 8.72. The van der Waals surface area contributed by atoms with Crippen LogP contribution in [-0.2, 0) is 22.6 Å². The lowest BCUT2D eigenvalue weighted by Crippen LogP contribution is -2.34. The fraction of sp³-hybridized carbons (Fsp3) is 0.333. The van der Waals surface area contributed by atoms with Crippen molar-refractivity contribution in [1.29, 1.82) is 0 Å². The topological polar surface area (TPSA) is 108 Å². The van der Waals surface area contributed by atoms with Crippen molar-refractivity contribution in [1.82, 2.24) is 14.5 Å². The number of fused-ring (bicyclic) bond motifs is 3. The van der Waals surface area contributed by atoms with E-state index in [4.69, 9.17) is 15.5 Å². The molecule has 2 amide bonds. The van der Waals surface area contributed by atoms with Gasteiger partial charge in [-0.15, -0.1) is 11.3 Å². The number of aromatic nitrogens is 2. The second-order valence-electron chi connectivity index (χ2n) is 7.09. The zero-order valence-corrected chi connectivity index (χ0v) is 18.8. The molecule has 0 saturated heterocycles. The van der Waals surface area contributed by atoms with E-state index in [9.17, 15) is 14.4 Å². The standard InChI is InChI=1S/C21H22N4O4S2/c1-3-29-14-6-4-13(5-7-14)25-20(28)18-15-8-9-24(12(2)26)10-16(15)31-19(18)23-21(25)30-11-17(22)27/h4-7H,3,8-11H2,1-2H3,(H2,22,27). The zero-order chi connectivity index (χ0) is 22.1. The van der Waals surface area contributed by atoms with Crippen LogP contribution in [0.15, 0.2) is 34.2 Å². The lowest BCUT2D eigenvalue weighted by molar-refractivity contribution is -0.129. The smallest absolute Gasteiger partial charge is 0.267 e. The summed E-state index contributed by atoms with van der Waals surface area (Å²) in [5.74, 6) is 0.246. The van der Waals surface area contributed by atoms with Gasteiger partial charge in [0.05, 0.1) is 30.0 Å². The third kappa shape index (κ3) is 4.17. The molecule has 4 rings (SSSR count). The summed E-state index contributed by atoms with van der Waals surface area (Å²) < 4.78 is 7.02. The van der Waals surface area contributed by atoms with Crippen molar-refractivity contribution >= 4 is 45.1 Å². The molecular weight excluding hydrogens is 436 g/mol. The average molecular weight is 459 g/mol. The number of ether oxygens (including phenoxy) is 1. The molecule has 1 aliphatic heterocycles. The Bertz CT molecular complexity index is 1220. The summed E-state index contributed by atoms with van der Waals surface area (Å²) in [5.41, 5.74) is 6.74. The van der Waals surface area contributed by atoms with Crippen LogP contribution in [-0.4, -0.2) is 45.2 Å². The van der Waals surface area contributed by atoms with Crippen molar-refractivity contribution in [3.63, 3.8) is 0 Å². The van der Waals surface area contributed by atoms with Crippen LogP contribution < -0.4 is 16.0 Å². The van der Waals surface area contributed by atoms with Gasteiger partial charge in [0.15, 0.2) is 5.16 Å². The number of primary amides is 1. The number of nitrogens with two attached hydrogens (primary N) is 1. The normalized spacial score (nSPS) is 13.3.